The van der Waals surface area contributed by atoms with Gasteiger partial charge in [-0.05, 0) is 39.2 Å². The summed E-state index contributed by atoms with van der Waals surface area (Å²) in [6, 6.07) is 1.60. The predicted octanol–water partition coefficient (Wildman–Crippen LogP) is 2.55. The molecule has 1 fully saturated rings. The maximum Gasteiger partial charge on any atom is 0.244 e. The van der Waals surface area contributed by atoms with Crippen LogP contribution in [0.4, 0.5) is 0 Å². The van der Waals surface area contributed by atoms with Gasteiger partial charge in [0.1, 0.15) is 16.4 Å². The van der Waals surface area contributed by atoms with Crippen molar-refractivity contribution in [2.24, 2.45) is 5.92 Å². The van der Waals surface area contributed by atoms with Gasteiger partial charge in [0, 0.05) is 12.1 Å². The van der Waals surface area contributed by atoms with Gasteiger partial charge in [-0.25, -0.2) is 13.1 Å². The SMILES string of the molecule is CCCNCc1cc(S(=O)(=O)NC(C)CC2CC2)c(C)o1. The topological polar surface area (TPSA) is 71.3 Å². The fraction of sp³-hybridized carbons (Fsp3) is 0.733. The van der Waals surface area contributed by atoms with Crippen molar-refractivity contribution in [2.75, 3.05) is 6.54 Å². The van der Waals surface area contributed by atoms with Crippen LogP contribution in [-0.4, -0.2) is 21.0 Å². The molecule has 1 aliphatic rings. The molecule has 1 aromatic rings. The molecule has 0 amide bonds. The van der Waals surface area contributed by atoms with Gasteiger partial charge in [0.05, 0.1) is 6.54 Å². The summed E-state index contributed by atoms with van der Waals surface area (Å²) in [5.74, 6) is 1.81. The fourth-order valence-electron chi connectivity index (χ4n) is 2.50. The lowest BCUT2D eigenvalue weighted by Crippen LogP contribution is -2.33. The first-order valence-electron chi connectivity index (χ1n) is 7.74. The van der Waals surface area contributed by atoms with Crippen LogP contribution in [0.2, 0.25) is 0 Å². The maximum absolute atomic E-state index is 12.4. The molecule has 0 aromatic carbocycles. The Hall–Kier alpha value is -0.850. The zero-order chi connectivity index (χ0) is 15.5. The van der Waals surface area contributed by atoms with E-state index in [0.29, 0.717) is 24.0 Å². The third kappa shape index (κ3) is 4.83. The van der Waals surface area contributed by atoms with E-state index in [2.05, 4.69) is 17.0 Å². The van der Waals surface area contributed by atoms with Gasteiger partial charge in [0.2, 0.25) is 10.0 Å². The minimum absolute atomic E-state index is 0.0292. The third-order valence-electron chi connectivity index (χ3n) is 3.68. The van der Waals surface area contributed by atoms with Gasteiger partial charge in [0.15, 0.2) is 0 Å². The Morgan fingerprint density at radius 3 is 2.76 bits per heavy atom. The summed E-state index contributed by atoms with van der Waals surface area (Å²) in [5, 5.41) is 3.21. The van der Waals surface area contributed by atoms with Gasteiger partial charge in [-0.2, -0.15) is 0 Å². The van der Waals surface area contributed by atoms with E-state index in [-0.39, 0.29) is 10.9 Å². The molecule has 1 atom stereocenters. The van der Waals surface area contributed by atoms with Crippen LogP contribution in [0.3, 0.4) is 0 Å². The molecule has 1 aliphatic carbocycles. The van der Waals surface area contributed by atoms with E-state index < -0.39 is 10.0 Å². The summed E-state index contributed by atoms with van der Waals surface area (Å²) in [4.78, 5) is 0.262. The number of sulfonamides is 1. The van der Waals surface area contributed by atoms with E-state index in [0.717, 1.165) is 19.4 Å². The van der Waals surface area contributed by atoms with Gasteiger partial charge >= 0.3 is 0 Å². The first kappa shape index (κ1) is 16.5. The van der Waals surface area contributed by atoms with Crippen molar-refractivity contribution >= 4 is 10.0 Å². The second-order valence-corrected chi connectivity index (χ2v) is 7.69. The first-order valence-corrected chi connectivity index (χ1v) is 9.23. The number of rotatable bonds is 9. The molecule has 1 unspecified atom stereocenters. The lowest BCUT2D eigenvalue weighted by atomic mass is 10.2. The highest BCUT2D eigenvalue weighted by molar-refractivity contribution is 7.89. The summed E-state index contributed by atoms with van der Waals surface area (Å²) in [6.45, 7) is 7.15. The van der Waals surface area contributed by atoms with E-state index in [1.165, 1.54) is 12.8 Å². The molecule has 0 spiro atoms. The zero-order valence-corrected chi connectivity index (χ0v) is 13.9. The Labute approximate surface area is 127 Å². The van der Waals surface area contributed by atoms with Crippen molar-refractivity contribution in [3.05, 3.63) is 17.6 Å². The molecule has 21 heavy (non-hydrogen) atoms. The van der Waals surface area contributed by atoms with E-state index >= 15 is 0 Å². The van der Waals surface area contributed by atoms with Crippen molar-refractivity contribution in [3.63, 3.8) is 0 Å². The quantitative estimate of drug-likeness (QED) is 0.687. The van der Waals surface area contributed by atoms with Crippen molar-refractivity contribution in [2.45, 2.75) is 63.9 Å². The van der Waals surface area contributed by atoms with Crippen LogP contribution in [0.15, 0.2) is 15.4 Å². The van der Waals surface area contributed by atoms with Gasteiger partial charge in [-0.3, -0.25) is 0 Å². The summed E-state index contributed by atoms with van der Waals surface area (Å²) in [6.07, 6.45) is 4.40. The van der Waals surface area contributed by atoms with Crippen LogP contribution in [0.5, 0.6) is 0 Å². The number of hydrogen-bond donors (Lipinski definition) is 2. The summed E-state index contributed by atoms with van der Waals surface area (Å²) >= 11 is 0. The molecule has 0 bridgehead atoms. The lowest BCUT2D eigenvalue weighted by Gasteiger charge is -2.13. The standard InChI is InChI=1S/C15H26N2O3S/c1-4-7-16-10-14-9-15(12(3)20-14)21(18,19)17-11(2)8-13-5-6-13/h9,11,13,16-17H,4-8,10H2,1-3H3. The van der Waals surface area contributed by atoms with Crippen molar-refractivity contribution in [1.82, 2.24) is 10.0 Å². The average Bonchev–Trinajstić information content (AvgIpc) is 3.10. The Morgan fingerprint density at radius 1 is 1.43 bits per heavy atom. The zero-order valence-electron chi connectivity index (χ0n) is 13.1. The highest BCUT2D eigenvalue weighted by Crippen LogP contribution is 2.33. The highest BCUT2D eigenvalue weighted by Gasteiger charge is 2.28. The predicted molar refractivity (Wildman–Crippen MR) is 82.6 cm³/mol. The lowest BCUT2D eigenvalue weighted by molar-refractivity contribution is 0.456. The van der Waals surface area contributed by atoms with Crippen LogP contribution in [-0.2, 0) is 16.6 Å². The number of hydrogen-bond acceptors (Lipinski definition) is 4. The molecule has 1 saturated carbocycles. The molecule has 6 heteroatoms. The minimum Gasteiger partial charge on any atom is -0.464 e. The Bertz CT molecular complexity index is 561. The van der Waals surface area contributed by atoms with Crippen molar-refractivity contribution < 1.29 is 12.8 Å². The van der Waals surface area contributed by atoms with E-state index in [4.69, 9.17) is 4.42 Å². The Morgan fingerprint density at radius 2 is 2.14 bits per heavy atom. The molecule has 2 N–H and O–H groups in total. The summed E-state index contributed by atoms with van der Waals surface area (Å²) in [7, 11) is -3.49. The molecule has 2 rings (SSSR count). The normalized spacial score (nSPS) is 17.1. The molecule has 0 saturated heterocycles. The van der Waals surface area contributed by atoms with Gasteiger partial charge in [0.25, 0.3) is 0 Å². The molecule has 1 heterocycles. The molecule has 0 aliphatic heterocycles. The van der Waals surface area contributed by atoms with Gasteiger partial charge < -0.3 is 9.73 Å². The second kappa shape index (κ2) is 6.94. The Balaban J connectivity index is 2.00. The molecule has 120 valence electrons. The van der Waals surface area contributed by atoms with Crippen molar-refractivity contribution in [1.29, 1.82) is 0 Å². The van der Waals surface area contributed by atoms with Crippen LogP contribution >= 0.6 is 0 Å². The second-order valence-electron chi connectivity index (χ2n) is 6.01. The maximum atomic E-state index is 12.4. The number of nitrogens with one attached hydrogen (secondary N) is 2. The molecular weight excluding hydrogens is 288 g/mol. The van der Waals surface area contributed by atoms with E-state index in [9.17, 15) is 8.42 Å². The summed E-state index contributed by atoms with van der Waals surface area (Å²) < 4.78 is 33.1. The minimum atomic E-state index is -3.49. The third-order valence-corrected chi connectivity index (χ3v) is 5.38. The fourth-order valence-corrected chi connectivity index (χ4v) is 3.96. The van der Waals surface area contributed by atoms with E-state index in [1.807, 2.05) is 6.92 Å². The summed E-state index contributed by atoms with van der Waals surface area (Å²) in [5.41, 5.74) is 0. The van der Waals surface area contributed by atoms with E-state index in [1.54, 1.807) is 13.0 Å². The molecular formula is C15H26N2O3S. The molecule has 5 nitrogen and oxygen atoms in total. The van der Waals surface area contributed by atoms with Crippen LogP contribution < -0.4 is 10.0 Å². The van der Waals surface area contributed by atoms with Crippen LogP contribution in [0.25, 0.3) is 0 Å². The molecule has 1 aromatic heterocycles. The Kier molecular flexibility index (Phi) is 5.46. The average molecular weight is 314 g/mol. The smallest absolute Gasteiger partial charge is 0.244 e. The number of furan rings is 1. The van der Waals surface area contributed by atoms with Crippen molar-refractivity contribution in [3.8, 4) is 0 Å². The first-order chi connectivity index (χ1) is 9.92. The monoisotopic (exact) mass is 314 g/mol. The van der Waals surface area contributed by atoms with Crippen LogP contribution in [0.1, 0.15) is 51.1 Å². The largest absolute Gasteiger partial charge is 0.464 e. The van der Waals surface area contributed by atoms with Crippen LogP contribution in [0, 0.1) is 12.8 Å². The van der Waals surface area contributed by atoms with Gasteiger partial charge in [-0.15, -0.1) is 0 Å². The van der Waals surface area contributed by atoms with Gasteiger partial charge in [-0.1, -0.05) is 19.8 Å². The number of aryl methyl sites for hydroxylation is 1. The molecule has 0 radical (unpaired) electrons. The highest BCUT2D eigenvalue weighted by atomic mass is 32.2.